The van der Waals surface area contributed by atoms with Gasteiger partial charge in [-0.1, -0.05) is 37.3 Å². The van der Waals surface area contributed by atoms with E-state index in [-0.39, 0.29) is 17.9 Å². The summed E-state index contributed by atoms with van der Waals surface area (Å²) in [5, 5.41) is 0. The molecule has 4 heteroatoms. The topological polar surface area (TPSA) is 35.2 Å². The molecule has 2 N–H and O–H groups in total. The monoisotopic (exact) mass is 277 g/mol. The van der Waals surface area contributed by atoms with Crippen LogP contribution in [0.1, 0.15) is 24.9 Å². The van der Waals surface area contributed by atoms with Crippen molar-refractivity contribution >= 4 is 0 Å². The quantitative estimate of drug-likeness (QED) is 0.901. The zero-order chi connectivity index (χ0) is 14.5. The molecule has 0 saturated carbocycles. The van der Waals surface area contributed by atoms with Crippen LogP contribution in [0.5, 0.6) is 5.75 Å². The van der Waals surface area contributed by atoms with Gasteiger partial charge in [-0.05, 0) is 12.0 Å². The Morgan fingerprint density at radius 3 is 2.20 bits per heavy atom. The standard InChI is InChI=1S/C16H17F2NO/c1-2-15(16(19)11-6-4-3-5-7-11)20-14-9-12(17)8-13(18)10-14/h3-10,15-16H,2,19H2,1H3. The zero-order valence-corrected chi connectivity index (χ0v) is 11.2. The molecule has 2 aromatic rings. The van der Waals surface area contributed by atoms with Crippen molar-refractivity contribution in [1.29, 1.82) is 0 Å². The van der Waals surface area contributed by atoms with E-state index in [4.69, 9.17) is 10.5 Å². The minimum absolute atomic E-state index is 0.153. The van der Waals surface area contributed by atoms with E-state index in [9.17, 15) is 8.78 Å². The summed E-state index contributed by atoms with van der Waals surface area (Å²) in [7, 11) is 0. The first kappa shape index (κ1) is 14.5. The third kappa shape index (κ3) is 3.54. The molecule has 0 heterocycles. The Hall–Kier alpha value is -1.94. The number of hydrogen-bond acceptors (Lipinski definition) is 2. The van der Waals surface area contributed by atoms with Crippen molar-refractivity contribution in [2.75, 3.05) is 0 Å². The lowest BCUT2D eigenvalue weighted by atomic mass is 10.0. The van der Waals surface area contributed by atoms with Crippen molar-refractivity contribution in [3.8, 4) is 5.75 Å². The maximum absolute atomic E-state index is 13.2. The Morgan fingerprint density at radius 1 is 1.05 bits per heavy atom. The first-order valence-electron chi connectivity index (χ1n) is 6.53. The first-order valence-corrected chi connectivity index (χ1v) is 6.53. The maximum atomic E-state index is 13.2. The van der Waals surface area contributed by atoms with Gasteiger partial charge in [-0.3, -0.25) is 0 Å². The second kappa shape index (κ2) is 6.48. The largest absolute Gasteiger partial charge is 0.488 e. The highest BCUT2D eigenvalue weighted by Crippen LogP contribution is 2.23. The first-order chi connectivity index (χ1) is 9.60. The fourth-order valence-electron chi connectivity index (χ4n) is 2.07. The second-order valence-electron chi connectivity index (χ2n) is 4.61. The van der Waals surface area contributed by atoms with Crippen molar-refractivity contribution in [3.63, 3.8) is 0 Å². The summed E-state index contributed by atoms with van der Waals surface area (Å²) in [5.74, 6) is -1.17. The Morgan fingerprint density at radius 2 is 1.65 bits per heavy atom. The van der Waals surface area contributed by atoms with Gasteiger partial charge in [-0.15, -0.1) is 0 Å². The van der Waals surface area contributed by atoms with Crippen LogP contribution in [0.15, 0.2) is 48.5 Å². The second-order valence-corrected chi connectivity index (χ2v) is 4.61. The fraction of sp³-hybridized carbons (Fsp3) is 0.250. The maximum Gasteiger partial charge on any atom is 0.129 e. The van der Waals surface area contributed by atoms with Crippen LogP contribution in [0.4, 0.5) is 8.78 Å². The summed E-state index contributed by atoms with van der Waals surface area (Å²) in [4.78, 5) is 0. The molecule has 2 rings (SSSR count). The molecule has 0 spiro atoms. The van der Waals surface area contributed by atoms with Gasteiger partial charge in [0.25, 0.3) is 0 Å². The predicted molar refractivity (Wildman–Crippen MR) is 74.4 cm³/mol. The molecule has 0 bridgehead atoms. The minimum Gasteiger partial charge on any atom is -0.488 e. The highest BCUT2D eigenvalue weighted by atomic mass is 19.1. The molecule has 2 nitrogen and oxygen atoms in total. The van der Waals surface area contributed by atoms with E-state index < -0.39 is 11.6 Å². The van der Waals surface area contributed by atoms with Crippen LogP contribution < -0.4 is 10.5 Å². The minimum atomic E-state index is -0.664. The number of hydrogen-bond donors (Lipinski definition) is 1. The summed E-state index contributed by atoms with van der Waals surface area (Å²) in [6, 6.07) is 12.3. The number of nitrogens with two attached hydrogens (primary N) is 1. The van der Waals surface area contributed by atoms with Crippen molar-refractivity contribution < 1.29 is 13.5 Å². The Bertz CT molecular complexity index is 539. The van der Waals surface area contributed by atoms with Crippen molar-refractivity contribution in [2.24, 2.45) is 5.73 Å². The van der Waals surface area contributed by atoms with E-state index in [1.54, 1.807) is 0 Å². The molecule has 0 aromatic heterocycles. The van der Waals surface area contributed by atoms with Crippen LogP contribution in [0.2, 0.25) is 0 Å². The van der Waals surface area contributed by atoms with Gasteiger partial charge in [0.15, 0.2) is 0 Å². The van der Waals surface area contributed by atoms with Gasteiger partial charge in [-0.2, -0.15) is 0 Å². The molecule has 106 valence electrons. The molecular formula is C16H17F2NO. The van der Waals surface area contributed by atoms with E-state index in [2.05, 4.69) is 0 Å². The summed E-state index contributed by atoms with van der Waals surface area (Å²) >= 11 is 0. The molecule has 2 atom stereocenters. The number of ether oxygens (including phenoxy) is 1. The molecule has 20 heavy (non-hydrogen) atoms. The number of rotatable bonds is 5. The summed E-state index contributed by atoms with van der Waals surface area (Å²) in [6.07, 6.45) is 0.285. The molecular weight excluding hydrogens is 260 g/mol. The molecule has 0 aliphatic rings. The Labute approximate surface area is 117 Å². The van der Waals surface area contributed by atoms with Crippen LogP contribution >= 0.6 is 0 Å². The average Bonchev–Trinajstić information content (AvgIpc) is 2.44. The smallest absolute Gasteiger partial charge is 0.129 e. The molecule has 0 aliphatic heterocycles. The van der Waals surface area contributed by atoms with Crippen LogP contribution in [-0.2, 0) is 0 Å². The van der Waals surface area contributed by atoms with E-state index in [1.807, 2.05) is 37.3 Å². The van der Waals surface area contributed by atoms with Gasteiger partial charge in [0, 0.05) is 18.2 Å². The molecule has 0 radical (unpaired) electrons. The van der Waals surface area contributed by atoms with Gasteiger partial charge >= 0.3 is 0 Å². The summed E-state index contributed by atoms with van der Waals surface area (Å²) in [6.45, 7) is 1.92. The van der Waals surface area contributed by atoms with E-state index in [0.717, 1.165) is 23.8 Å². The van der Waals surface area contributed by atoms with Gasteiger partial charge in [0.05, 0.1) is 6.04 Å². The summed E-state index contributed by atoms with van der Waals surface area (Å²) < 4.78 is 31.9. The van der Waals surface area contributed by atoms with Crippen LogP contribution in [-0.4, -0.2) is 6.10 Å². The summed E-state index contributed by atoms with van der Waals surface area (Å²) in [5.41, 5.74) is 7.09. The lowest BCUT2D eigenvalue weighted by Crippen LogP contribution is -2.31. The SMILES string of the molecule is CCC(Oc1cc(F)cc(F)c1)C(N)c1ccccc1. The third-order valence-corrected chi connectivity index (χ3v) is 3.11. The molecule has 0 fully saturated rings. The average molecular weight is 277 g/mol. The van der Waals surface area contributed by atoms with Crippen LogP contribution in [0, 0.1) is 11.6 Å². The van der Waals surface area contributed by atoms with Gasteiger partial charge < -0.3 is 10.5 Å². The molecule has 0 saturated heterocycles. The lowest BCUT2D eigenvalue weighted by molar-refractivity contribution is 0.165. The van der Waals surface area contributed by atoms with E-state index >= 15 is 0 Å². The Kier molecular flexibility index (Phi) is 4.69. The van der Waals surface area contributed by atoms with Crippen molar-refractivity contribution in [3.05, 3.63) is 65.7 Å². The zero-order valence-electron chi connectivity index (χ0n) is 11.2. The molecule has 0 amide bonds. The fourth-order valence-corrected chi connectivity index (χ4v) is 2.07. The van der Waals surface area contributed by atoms with E-state index in [0.29, 0.717) is 6.42 Å². The van der Waals surface area contributed by atoms with Crippen molar-refractivity contribution in [2.45, 2.75) is 25.5 Å². The Balaban J connectivity index is 2.16. The predicted octanol–water partition coefficient (Wildman–Crippen LogP) is 3.82. The molecule has 0 aliphatic carbocycles. The van der Waals surface area contributed by atoms with Crippen molar-refractivity contribution in [1.82, 2.24) is 0 Å². The highest BCUT2D eigenvalue weighted by molar-refractivity contribution is 5.25. The number of benzene rings is 2. The van der Waals surface area contributed by atoms with Gasteiger partial charge in [0.2, 0.25) is 0 Å². The normalized spacial score (nSPS) is 13.8. The van der Waals surface area contributed by atoms with Gasteiger partial charge in [-0.25, -0.2) is 8.78 Å². The lowest BCUT2D eigenvalue weighted by Gasteiger charge is -2.24. The molecule has 2 unspecified atom stereocenters. The van der Waals surface area contributed by atoms with Gasteiger partial charge in [0.1, 0.15) is 23.5 Å². The third-order valence-electron chi connectivity index (χ3n) is 3.11. The van der Waals surface area contributed by atoms with Crippen LogP contribution in [0.3, 0.4) is 0 Å². The number of halogens is 2. The van der Waals surface area contributed by atoms with Crippen LogP contribution in [0.25, 0.3) is 0 Å². The highest BCUT2D eigenvalue weighted by Gasteiger charge is 2.20. The molecule has 2 aromatic carbocycles. The van der Waals surface area contributed by atoms with E-state index in [1.165, 1.54) is 0 Å².